The van der Waals surface area contributed by atoms with Crippen molar-refractivity contribution in [2.75, 3.05) is 0 Å². The average molecular weight is 139 g/mol. The van der Waals surface area contributed by atoms with Gasteiger partial charge in [-0.05, 0) is 12.8 Å². The van der Waals surface area contributed by atoms with Crippen molar-refractivity contribution >= 4 is 0 Å². The maximum absolute atomic E-state index is 11.6. The lowest BCUT2D eigenvalue weighted by Gasteiger charge is -2.12. The van der Waals surface area contributed by atoms with E-state index in [0.717, 1.165) is 0 Å². The van der Waals surface area contributed by atoms with Crippen LogP contribution in [0.2, 0.25) is 0 Å². The molecular weight excluding hydrogens is 133 g/mol. The minimum Gasteiger partial charge on any atom is -0.363 e. The molecule has 1 unspecified atom stereocenters. The zero-order chi connectivity index (χ0) is 6.91. The summed E-state index contributed by atoms with van der Waals surface area (Å²) in [6.07, 6.45) is -5.24. The molecule has 0 N–H and O–H groups in total. The molecule has 1 atom stereocenters. The van der Waals surface area contributed by atoms with E-state index in [4.69, 9.17) is 0 Å². The van der Waals surface area contributed by atoms with Crippen LogP contribution in [0.1, 0.15) is 12.8 Å². The van der Waals surface area contributed by atoms with Crippen molar-refractivity contribution in [2.24, 2.45) is 0 Å². The van der Waals surface area contributed by atoms with E-state index < -0.39 is 12.3 Å². The lowest BCUT2D eigenvalue weighted by Crippen LogP contribution is -2.26. The SMILES string of the molecule is FC(F)(F)C1CC[CH]O1. The van der Waals surface area contributed by atoms with E-state index in [2.05, 4.69) is 4.74 Å². The summed E-state index contributed by atoms with van der Waals surface area (Å²) in [7, 11) is 0. The molecule has 1 aliphatic rings. The smallest absolute Gasteiger partial charge is 0.363 e. The molecule has 1 rings (SSSR count). The first-order valence-corrected chi connectivity index (χ1v) is 2.64. The molecule has 0 bridgehead atoms. The molecule has 0 spiro atoms. The van der Waals surface area contributed by atoms with Crippen LogP contribution in [0.15, 0.2) is 0 Å². The van der Waals surface area contributed by atoms with Gasteiger partial charge in [-0.2, -0.15) is 13.2 Å². The second kappa shape index (κ2) is 2.17. The third-order valence-electron chi connectivity index (χ3n) is 1.17. The van der Waals surface area contributed by atoms with Crippen LogP contribution < -0.4 is 0 Å². The van der Waals surface area contributed by atoms with E-state index in [0.29, 0.717) is 6.42 Å². The predicted molar refractivity (Wildman–Crippen MR) is 24.5 cm³/mol. The summed E-state index contributed by atoms with van der Waals surface area (Å²) >= 11 is 0. The molecule has 4 heteroatoms. The van der Waals surface area contributed by atoms with Gasteiger partial charge in [0, 0.05) is 0 Å². The van der Waals surface area contributed by atoms with Crippen molar-refractivity contribution < 1.29 is 17.9 Å². The molecule has 1 fully saturated rings. The van der Waals surface area contributed by atoms with Crippen LogP contribution in [0.5, 0.6) is 0 Å². The Bertz CT molecular complexity index is 92.9. The van der Waals surface area contributed by atoms with Gasteiger partial charge in [-0.25, -0.2) is 0 Å². The maximum atomic E-state index is 11.6. The lowest BCUT2D eigenvalue weighted by atomic mass is 10.2. The van der Waals surface area contributed by atoms with Gasteiger partial charge in [-0.1, -0.05) is 0 Å². The second-order valence-electron chi connectivity index (χ2n) is 1.91. The number of rotatable bonds is 0. The minimum absolute atomic E-state index is 0.0729. The Kier molecular flexibility index (Phi) is 1.66. The molecule has 0 saturated carbocycles. The number of alkyl halides is 3. The summed E-state index contributed by atoms with van der Waals surface area (Å²) in [5.74, 6) is 0. The Morgan fingerprint density at radius 1 is 1.44 bits per heavy atom. The van der Waals surface area contributed by atoms with Gasteiger partial charge in [0.1, 0.15) is 0 Å². The normalized spacial score (nSPS) is 29.0. The van der Waals surface area contributed by atoms with Crippen LogP contribution in [-0.2, 0) is 4.74 Å². The van der Waals surface area contributed by atoms with Gasteiger partial charge in [-0.15, -0.1) is 0 Å². The van der Waals surface area contributed by atoms with Gasteiger partial charge in [0.15, 0.2) is 6.10 Å². The van der Waals surface area contributed by atoms with E-state index in [9.17, 15) is 13.2 Å². The first kappa shape index (κ1) is 6.86. The lowest BCUT2D eigenvalue weighted by molar-refractivity contribution is -0.200. The largest absolute Gasteiger partial charge is 0.414 e. The fourth-order valence-corrected chi connectivity index (χ4v) is 0.712. The van der Waals surface area contributed by atoms with Crippen LogP contribution in [0.4, 0.5) is 13.2 Å². The fourth-order valence-electron chi connectivity index (χ4n) is 0.712. The first-order valence-electron chi connectivity index (χ1n) is 2.64. The van der Waals surface area contributed by atoms with Crippen LogP contribution in [0.25, 0.3) is 0 Å². The number of ether oxygens (including phenoxy) is 1. The summed E-state index contributed by atoms with van der Waals surface area (Å²) < 4.78 is 39.1. The Labute approximate surface area is 50.8 Å². The second-order valence-corrected chi connectivity index (χ2v) is 1.91. The highest BCUT2D eigenvalue weighted by molar-refractivity contribution is 4.77. The Balaban J connectivity index is 2.42. The summed E-state index contributed by atoms with van der Waals surface area (Å²) in [5, 5.41) is 0. The standard InChI is InChI=1S/C5H6F3O/c6-5(7,8)4-2-1-3-9-4/h3-4H,1-2H2. The van der Waals surface area contributed by atoms with Gasteiger partial charge in [0.05, 0.1) is 6.61 Å². The Morgan fingerprint density at radius 2 is 2.11 bits per heavy atom. The molecule has 1 aliphatic heterocycles. The quantitative estimate of drug-likeness (QED) is 0.498. The van der Waals surface area contributed by atoms with Crippen LogP contribution in [-0.4, -0.2) is 12.3 Å². The average Bonchev–Trinajstić information content (AvgIpc) is 2.08. The van der Waals surface area contributed by atoms with Crippen molar-refractivity contribution in [3.63, 3.8) is 0 Å². The molecular formula is C5H6F3O. The van der Waals surface area contributed by atoms with E-state index in [1.807, 2.05) is 0 Å². The molecule has 0 amide bonds. The molecule has 9 heavy (non-hydrogen) atoms. The van der Waals surface area contributed by atoms with Crippen molar-refractivity contribution in [1.29, 1.82) is 0 Å². The highest BCUT2D eigenvalue weighted by atomic mass is 19.4. The summed E-state index contributed by atoms with van der Waals surface area (Å²) in [6.45, 7) is 1.21. The zero-order valence-electron chi connectivity index (χ0n) is 4.61. The number of hydrogen-bond acceptors (Lipinski definition) is 1. The van der Waals surface area contributed by atoms with Gasteiger partial charge in [-0.3, -0.25) is 0 Å². The van der Waals surface area contributed by atoms with Crippen molar-refractivity contribution in [3.05, 3.63) is 6.61 Å². The van der Waals surface area contributed by atoms with Gasteiger partial charge in [0.25, 0.3) is 0 Å². The van der Waals surface area contributed by atoms with E-state index in [1.54, 1.807) is 0 Å². The molecule has 1 nitrogen and oxygen atoms in total. The van der Waals surface area contributed by atoms with Crippen LogP contribution in [0.3, 0.4) is 0 Å². The van der Waals surface area contributed by atoms with E-state index in [-0.39, 0.29) is 6.42 Å². The fraction of sp³-hybridized carbons (Fsp3) is 0.800. The van der Waals surface area contributed by atoms with E-state index >= 15 is 0 Å². The van der Waals surface area contributed by atoms with Crippen molar-refractivity contribution in [1.82, 2.24) is 0 Å². The molecule has 0 aliphatic carbocycles. The highest BCUT2D eigenvalue weighted by Crippen LogP contribution is 2.31. The first-order chi connectivity index (χ1) is 4.11. The molecule has 0 aromatic carbocycles. The predicted octanol–water partition coefficient (Wildman–Crippen LogP) is 1.89. The third kappa shape index (κ3) is 1.58. The monoisotopic (exact) mass is 139 g/mol. The molecule has 1 heterocycles. The number of halogens is 3. The van der Waals surface area contributed by atoms with Gasteiger partial charge in [0.2, 0.25) is 0 Å². The number of hydrogen-bond donors (Lipinski definition) is 0. The summed E-state index contributed by atoms with van der Waals surface area (Å²) in [4.78, 5) is 0. The Hall–Kier alpha value is -0.250. The van der Waals surface area contributed by atoms with Crippen molar-refractivity contribution in [3.8, 4) is 0 Å². The molecule has 0 aromatic rings. The minimum atomic E-state index is -4.17. The van der Waals surface area contributed by atoms with E-state index in [1.165, 1.54) is 6.61 Å². The summed E-state index contributed by atoms with van der Waals surface area (Å²) in [5.41, 5.74) is 0. The topological polar surface area (TPSA) is 9.23 Å². The van der Waals surface area contributed by atoms with Gasteiger partial charge >= 0.3 is 6.18 Å². The molecule has 0 aromatic heterocycles. The zero-order valence-corrected chi connectivity index (χ0v) is 4.61. The maximum Gasteiger partial charge on any atom is 0.414 e. The summed E-state index contributed by atoms with van der Waals surface area (Å²) in [6, 6.07) is 0. The molecule has 1 radical (unpaired) electrons. The van der Waals surface area contributed by atoms with Gasteiger partial charge < -0.3 is 4.74 Å². The molecule has 53 valence electrons. The Morgan fingerprint density at radius 3 is 2.33 bits per heavy atom. The van der Waals surface area contributed by atoms with Crippen molar-refractivity contribution in [2.45, 2.75) is 25.1 Å². The van der Waals surface area contributed by atoms with Crippen LogP contribution in [0, 0.1) is 6.61 Å². The molecule has 1 saturated heterocycles. The van der Waals surface area contributed by atoms with Crippen LogP contribution >= 0.6 is 0 Å². The highest BCUT2D eigenvalue weighted by Gasteiger charge is 2.42. The third-order valence-corrected chi connectivity index (χ3v) is 1.17.